The van der Waals surface area contributed by atoms with Gasteiger partial charge in [0.2, 0.25) is 0 Å². The van der Waals surface area contributed by atoms with Gasteiger partial charge in [0.05, 0.1) is 0 Å². The summed E-state index contributed by atoms with van der Waals surface area (Å²) in [6, 6.07) is 7.78. The maximum atomic E-state index is 5.73. The maximum Gasteiger partial charge on any atom is 0.0406 e. The molecule has 0 heterocycles. The minimum Gasteiger partial charge on any atom is -0.271 e. The average Bonchev–Trinajstić information content (AvgIpc) is 2.09. The van der Waals surface area contributed by atoms with Gasteiger partial charge in [-0.3, -0.25) is 11.3 Å². The van der Waals surface area contributed by atoms with Crippen LogP contribution in [0.15, 0.2) is 29.2 Å². The molecule has 12 heavy (non-hydrogen) atoms. The molecule has 0 fully saturated rings. The summed E-state index contributed by atoms with van der Waals surface area (Å²) in [5.41, 5.74) is 2.60. The molecule has 0 saturated heterocycles. The summed E-state index contributed by atoms with van der Waals surface area (Å²) in [5.74, 6) is 6.10. The highest BCUT2D eigenvalue weighted by molar-refractivity contribution is 7.99. The smallest absolute Gasteiger partial charge is 0.0406 e. The molecule has 0 spiro atoms. The molecule has 0 aromatic heterocycles. The Morgan fingerprint density at radius 3 is 2.58 bits per heavy atom. The third-order valence-electron chi connectivity index (χ3n) is 1.33. The first-order valence-corrected chi connectivity index (χ1v) is 5.01. The van der Waals surface area contributed by atoms with Crippen molar-refractivity contribution in [3.05, 3.63) is 29.3 Å². The number of nitrogens with one attached hydrogen (secondary N) is 1. The van der Waals surface area contributed by atoms with Gasteiger partial charge in [-0.25, -0.2) is 0 Å². The van der Waals surface area contributed by atoms with E-state index in [-0.39, 0.29) is 0 Å². The van der Waals surface area contributed by atoms with Crippen LogP contribution >= 0.6 is 23.4 Å². The van der Waals surface area contributed by atoms with Crippen LogP contribution in [0.2, 0.25) is 5.02 Å². The molecular weight excluding hydrogens is 192 g/mol. The Bertz CT molecular complexity index is 225. The van der Waals surface area contributed by atoms with Gasteiger partial charge in [0.25, 0.3) is 0 Å². The Balaban J connectivity index is 2.37. The van der Waals surface area contributed by atoms with Crippen LogP contribution in [0.4, 0.5) is 0 Å². The molecule has 0 aliphatic heterocycles. The first kappa shape index (κ1) is 9.86. The highest BCUT2D eigenvalue weighted by atomic mass is 35.5. The number of hydrogen-bond donors (Lipinski definition) is 2. The third kappa shape index (κ3) is 3.45. The number of hydrogen-bond acceptors (Lipinski definition) is 3. The van der Waals surface area contributed by atoms with Crippen molar-refractivity contribution in [2.24, 2.45) is 5.84 Å². The van der Waals surface area contributed by atoms with E-state index in [0.29, 0.717) is 0 Å². The lowest BCUT2D eigenvalue weighted by atomic mass is 10.4. The zero-order valence-corrected chi connectivity index (χ0v) is 8.16. The van der Waals surface area contributed by atoms with Gasteiger partial charge >= 0.3 is 0 Å². The van der Waals surface area contributed by atoms with Crippen molar-refractivity contribution < 1.29 is 0 Å². The monoisotopic (exact) mass is 202 g/mol. The lowest BCUT2D eigenvalue weighted by molar-refractivity contribution is 0.787. The topological polar surface area (TPSA) is 38.0 Å². The van der Waals surface area contributed by atoms with Crippen LogP contribution in [-0.4, -0.2) is 12.3 Å². The fraction of sp³-hybridized carbons (Fsp3) is 0.250. The van der Waals surface area contributed by atoms with Gasteiger partial charge in [0, 0.05) is 22.2 Å². The molecular formula is C8H11ClN2S. The second-order valence-electron chi connectivity index (χ2n) is 2.26. The Kier molecular flexibility index (Phi) is 4.46. The Morgan fingerprint density at radius 1 is 1.33 bits per heavy atom. The lowest BCUT2D eigenvalue weighted by Crippen LogP contribution is -2.24. The first-order chi connectivity index (χ1) is 5.83. The van der Waals surface area contributed by atoms with Gasteiger partial charge < -0.3 is 0 Å². The molecule has 0 aliphatic carbocycles. The maximum absolute atomic E-state index is 5.73. The van der Waals surface area contributed by atoms with E-state index in [0.717, 1.165) is 17.3 Å². The minimum atomic E-state index is 0.774. The van der Waals surface area contributed by atoms with Gasteiger partial charge in [0.15, 0.2) is 0 Å². The molecule has 0 amide bonds. The quantitative estimate of drug-likeness (QED) is 0.339. The molecule has 0 radical (unpaired) electrons. The summed E-state index contributed by atoms with van der Waals surface area (Å²) in [5, 5.41) is 0.774. The Morgan fingerprint density at radius 2 is 2.00 bits per heavy atom. The Labute approximate surface area is 81.4 Å². The van der Waals surface area contributed by atoms with E-state index in [1.165, 1.54) is 4.90 Å². The van der Waals surface area contributed by atoms with Crippen LogP contribution in [0.5, 0.6) is 0 Å². The highest BCUT2D eigenvalue weighted by Crippen LogP contribution is 2.19. The summed E-state index contributed by atoms with van der Waals surface area (Å²) in [4.78, 5) is 1.22. The van der Waals surface area contributed by atoms with Gasteiger partial charge in [-0.15, -0.1) is 11.8 Å². The minimum absolute atomic E-state index is 0.774. The van der Waals surface area contributed by atoms with Crippen LogP contribution in [0.3, 0.4) is 0 Å². The zero-order valence-electron chi connectivity index (χ0n) is 6.59. The number of hydrazine groups is 1. The van der Waals surface area contributed by atoms with E-state index in [9.17, 15) is 0 Å². The van der Waals surface area contributed by atoms with E-state index in [4.69, 9.17) is 17.4 Å². The number of nitrogens with two attached hydrogens (primary N) is 1. The van der Waals surface area contributed by atoms with E-state index >= 15 is 0 Å². The normalized spacial score (nSPS) is 10.2. The molecule has 0 bridgehead atoms. The third-order valence-corrected chi connectivity index (χ3v) is 2.59. The molecule has 0 saturated carbocycles. The molecule has 4 heteroatoms. The second-order valence-corrected chi connectivity index (χ2v) is 3.86. The summed E-state index contributed by atoms with van der Waals surface area (Å²) < 4.78 is 0. The van der Waals surface area contributed by atoms with Crippen LogP contribution in [0.25, 0.3) is 0 Å². The lowest BCUT2D eigenvalue weighted by Gasteiger charge is -2.00. The zero-order chi connectivity index (χ0) is 8.81. The van der Waals surface area contributed by atoms with Crippen LogP contribution in [0.1, 0.15) is 0 Å². The summed E-state index contributed by atoms with van der Waals surface area (Å²) in [6.45, 7) is 0.813. The fourth-order valence-corrected chi connectivity index (χ4v) is 1.67. The van der Waals surface area contributed by atoms with E-state index in [1.54, 1.807) is 11.8 Å². The van der Waals surface area contributed by atoms with E-state index in [1.807, 2.05) is 24.3 Å². The van der Waals surface area contributed by atoms with Crippen molar-refractivity contribution in [3.8, 4) is 0 Å². The highest BCUT2D eigenvalue weighted by Gasteiger charge is 1.92. The Hall–Kier alpha value is -0.220. The average molecular weight is 203 g/mol. The predicted octanol–water partition coefficient (Wildman–Crippen LogP) is 1.90. The van der Waals surface area contributed by atoms with E-state index < -0.39 is 0 Å². The van der Waals surface area contributed by atoms with Gasteiger partial charge in [0.1, 0.15) is 0 Å². The molecule has 66 valence electrons. The molecule has 0 aliphatic rings. The van der Waals surface area contributed by atoms with Crippen molar-refractivity contribution in [2.45, 2.75) is 4.90 Å². The molecule has 0 atom stereocenters. The molecule has 1 aromatic carbocycles. The molecule has 3 N–H and O–H groups in total. The van der Waals surface area contributed by atoms with Gasteiger partial charge in [-0.05, 0) is 24.3 Å². The van der Waals surface area contributed by atoms with Crippen LogP contribution in [0, 0.1) is 0 Å². The molecule has 1 rings (SSSR count). The van der Waals surface area contributed by atoms with Gasteiger partial charge in [-0.1, -0.05) is 11.6 Å². The first-order valence-electron chi connectivity index (χ1n) is 3.65. The number of benzene rings is 1. The molecule has 1 aromatic rings. The largest absolute Gasteiger partial charge is 0.271 e. The predicted molar refractivity (Wildman–Crippen MR) is 54.4 cm³/mol. The van der Waals surface area contributed by atoms with Crippen LogP contribution in [-0.2, 0) is 0 Å². The summed E-state index contributed by atoms with van der Waals surface area (Å²) in [7, 11) is 0. The van der Waals surface area contributed by atoms with Crippen molar-refractivity contribution in [1.82, 2.24) is 5.43 Å². The standard InChI is InChI=1S/C8H11ClN2S/c9-7-1-3-8(4-2-7)12-6-5-11-10/h1-4,11H,5-6,10H2. The van der Waals surface area contributed by atoms with Crippen molar-refractivity contribution in [1.29, 1.82) is 0 Å². The number of rotatable bonds is 4. The van der Waals surface area contributed by atoms with E-state index in [2.05, 4.69) is 5.43 Å². The fourth-order valence-electron chi connectivity index (χ4n) is 0.759. The summed E-state index contributed by atoms with van der Waals surface area (Å²) >= 11 is 7.48. The van der Waals surface area contributed by atoms with Crippen molar-refractivity contribution in [3.63, 3.8) is 0 Å². The van der Waals surface area contributed by atoms with Crippen molar-refractivity contribution in [2.75, 3.05) is 12.3 Å². The van der Waals surface area contributed by atoms with Crippen molar-refractivity contribution >= 4 is 23.4 Å². The molecule has 2 nitrogen and oxygen atoms in total. The molecule has 0 unspecified atom stereocenters. The summed E-state index contributed by atoms with van der Waals surface area (Å²) in [6.07, 6.45) is 0. The number of thioether (sulfide) groups is 1. The van der Waals surface area contributed by atoms with Crippen LogP contribution < -0.4 is 11.3 Å². The second kappa shape index (κ2) is 5.43. The SMILES string of the molecule is NNCCSc1ccc(Cl)cc1. The number of halogens is 1. The van der Waals surface area contributed by atoms with Gasteiger partial charge in [-0.2, -0.15) is 0 Å².